The molecule has 2 saturated heterocycles. The Kier molecular flexibility index (Phi) is 5.61. The van der Waals surface area contributed by atoms with Crippen molar-refractivity contribution in [3.8, 4) is 0 Å². The summed E-state index contributed by atoms with van der Waals surface area (Å²) in [4.78, 5) is 28.8. The van der Waals surface area contributed by atoms with E-state index in [-0.39, 0.29) is 24.8 Å². The predicted molar refractivity (Wildman–Crippen MR) is 97.0 cm³/mol. The molecule has 3 rings (SSSR count). The molecule has 26 heavy (non-hydrogen) atoms. The molecule has 0 radical (unpaired) electrons. The summed E-state index contributed by atoms with van der Waals surface area (Å²) >= 11 is 0. The lowest BCUT2D eigenvalue weighted by Crippen LogP contribution is -2.46. The van der Waals surface area contributed by atoms with Gasteiger partial charge in [0.25, 0.3) is 0 Å². The number of ether oxygens (including phenoxy) is 1. The van der Waals surface area contributed by atoms with Gasteiger partial charge in [-0.05, 0) is 24.7 Å². The molecule has 1 aromatic carbocycles. The third-order valence-corrected chi connectivity index (χ3v) is 4.86. The Hall–Kier alpha value is -2.35. The Bertz CT molecular complexity index is 676. The monoisotopic (exact) mass is 364 g/mol. The number of rotatable bonds is 5. The first-order chi connectivity index (χ1) is 12.5. The number of likely N-dealkylation sites (N-methyl/N-ethyl adjacent to an activating group) is 1. The van der Waals surface area contributed by atoms with Crippen molar-refractivity contribution >= 4 is 23.4 Å². The lowest BCUT2D eigenvalue weighted by Gasteiger charge is -2.35. The average Bonchev–Trinajstić information content (AvgIpc) is 3.01. The van der Waals surface area contributed by atoms with E-state index in [1.54, 1.807) is 12.1 Å². The van der Waals surface area contributed by atoms with Crippen molar-refractivity contribution in [1.29, 1.82) is 0 Å². The maximum Gasteiger partial charge on any atom is 0.414 e. The minimum Gasteiger partial charge on any atom is -0.442 e. The van der Waals surface area contributed by atoms with E-state index in [4.69, 9.17) is 4.74 Å². The number of cyclic esters (lactones) is 1. The Balaban J connectivity index is 1.66. The van der Waals surface area contributed by atoms with Gasteiger partial charge < -0.3 is 19.9 Å². The number of nitrogens with zero attached hydrogens (tertiary/aromatic N) is 3. The minimum absolute atomic E-state index is 0.182. The van der Waals surface area contributed by atoms with Crippen LogP contribution in [-0.4, -0.2) is 68.8 Å². The highest BCUT2D eigenvalue weighted by Gasteiger charge is 2.33. The van der Waals surface area contributed by atoms with E-state index in [0.717, 1.165) is 32.7 Å². The number of benzene rings is 1. The Morgan fingerprint density at radius 1 is 1.31 bits per heavy atom. The third kappa shape index (κ3) is 4.07. The van der Waals surface area contributed by atoms with Crippen molar-refractivity contribution < 1.29 is 18.7 Å². The number of halogens is 1. The molecule has 2 aliphatic heterocycles. The van der Waals surface area contributed by atoms with Crippen LogP contribution in [0.1, 0.15) is 13.8 Å². The van der Waals surface area contributed by atoms with E-state index in [1.165, 1.54) is 17.9 Å². The van der Waals surface area contributed by atoms with E-state index in [2.05, 4.69) is 17.1 Å². The van der Waals surface area contributed by atoms with Crippen molar-refractivity contribution in [2.24, 2.45) is 0 Å². The lowest BCUT2D eigenvalue weighted by atomic mass is 10.2. The van der Waals surface area contributed by atoms with E-state index in [9.17, 15) is 14.0 Å². The fraction of sp³-hybridized carbons (Fsp3) is 0.556. The number of carbonyl (C=O) groups excluding carboxylic acids is 2. The van der Waals surface area contributed by atoms with Crippen LogP contribution in [0.2, 0.25) is 0 Å². The molecule has 0 unspecified atom stereocenters. The zero-order valence-electron chi connectivity index (χ0n) is 15.2. The van der Waals surface area contributed by atoms with Crippen LogP contribution >= 0.6 is 0 Å². The molecule has 0 aromatic heterocycles. The zero-order valence-corrected chi connectivity index (χ0v) is 15.2. The van der Waals surface area contributed by atoms with Crippen molar-refractivity contribution in [2.45, 2.75) is 20.0 Å². The quantitative estimate of drug-likeness (QED) is 0.856. The van der Waals surface area contributed by atoms with Crippen LogP contribution in [-0.2, 0) is 9.53 Å². The van der Waals surface area contributed by atoms with Gasteiger partial charge in [0.15, 0.2) is 0 Å². The Labute approximate surface area is 152 Å². The Morgan fingerprint density at radius 2 is 2.04 bits per heavy atom. The van der Waals surface area contributed by atoms with Crippen LogP contribution in [0.15, 0.2) is 18.2 Å². The van der Waals surface area contributed by atoms with Gasteiger partial charge in [0.05, 0.1) is 24.5 Å². The standard InChI is InChI=1S/C18H25FN4O3/c1-3-21-6-8-22(9-7-21)17-5-4-14(10-16(17)19)23-12-15(26-18(23)25)11-20-13(2)24/h4-5,10,15H,3,6-9,11-12H2,1-2H3,(H,20,24)/t15-/m0/s1. The number of carbonyl (C=O) groups is 2. The third-order valence-electron chi connectivity index (χ3n) is 4.86. The fourth-order valence-corrected chi connectivity index (χ4v) is 3.32. The van der Waals surface area contributed by atoms with Crippen LogP contribution in [0.3, 0.4) is 0 Å². The van der Waals surface area contributed by atoms with Crippen molar-refractivity contribution in [3.63, 3.8) is 0 Å². The Morgan fingerprint density at radius 3 is 2.65 bits per heavy atom. The maximum atomic E-state index is 14.7. The molecule has 1 aromatic rings. The molecular formula is C18H25FN4O3. The summed E-state index contributed by atoms with van der Waals surface area (Å²) < 4.78 is 19.9. The molecule has 142 valence electrons. The van der Waals surface area contributed by atoms with Gasteiger partial charge in [-0.2, -0.15) is 0 Å². The molecule has 1 atom stereocenters. The van der Waals surface area contributed by atoms with Crippen LogP contribution in [0.25, 0.3) is 0 Å². The zero-order chi connectivity index (χ0) is 18.7. The molecule has 8 heteroatoms. The summed E-state index contributed by atoms with van der Waals surface area (Å²) in [7, 11) is 0. The first kappa shape index (κ1) is 18.4. The number of amides is 2. The second-order valence-corrected chi connectivity index (χ2v) is 6.61. The average molecular weight is 364 g/mol. The molecule has 1 N–H and O–H groups in total. The van der Waals surface area contributed by atoms with Crippen LogP contribution in [0, 0.1) is 5.82 Å². The van der Waals surface area contributed by atoms with Crippen molar-refractivity contribution in [2.75, 3.05) is 55.6 Å². The van der Waals surface area contributed by atoms with Crippen LogP contribution in [0.5, 0.6) is 0 Å². The SMILES string of the molecule is CCN1CCN(c2ccc(N3C[C@H](CNC(C)=O)OC3=O)cc2F)CC1. The first-order valence-corrected chi connectivity index (χ1v) is 8.97. The highest BCUT2D eigenvalue weighted by atomic mass is 19.1. The maximum absolute atomic E-state index is 14.7. The largest absolute Gasteiger partial charge is 0.442 e. The molecular weight excluding hydrogens is 339 g/mol. The van der Waals surface area contributed by atoms with Crippen molar-refractivity contribution in [3.05, 3.63) is 24.0 Å². The predicted octanol–water partition coefficient (Wildman–Crippen LogP) is 1.43. The van der Waals surface area contributed by atoms with E-state index in [0.29, 0.717) is 11.4 Å². The van der Waals surface area contributed by atoms with Crippen molar-refractivity contribution in [1.82, 2.24) is 10.2 Å². The molecule has 0 bridgehead atoms. The minimum atomic E-state index is -0.524. The molecule has 0 saturated carbocycles. The van der Waals surface area contributed by atoms with Gasteiger partial charge in [-0.15, -0.1) is 0 Å². The highest BCUT2D eigenvalue weighted by molar-refractivity contribution is 5.90. The summed E-state index contributed by atoms with van der Waals surface area (Å²) in [5, 5.41) is 2.62. The number of hydrogen-bond donors (Lipinski definition) is 1. The van der Waals surface area contributed by atoms with E-state index < -0.39 is 12.2 Å². The first-order valence-electron chi connectivity index (χ1n) is 8.97. The second kappa shape index (κ2) is 7.90. The second-order valence-electron chi connectivity index (χ2n) is 6.61. The van der Waals surface area contributed by atoms with Crippen LogP contribution < -0.4 is 15.1 Å². The van der Waals surface area contributed by atoms with Gasteiger partial charge in [0, 0.05) is 33.1 Å². The van der Waals surface area contributed by atoms with Gasteiger partial charge in [-0.1, -0.05) is 6.92 Å². The van der Waals surface area contributed by atoms with Gasteiger partial charge in [0.1, 0.15) is 11.9 Å². The molecule has 2 aliphatic rings. The van der Waals surface area contributed by atoms with Gasteiger partial charge in [-0.25, -0.2) is 9.18 Å². The normalized spacial score (nSPS) is 21.0. The molecule has 2 fully saturated rings. The lowest BCUT2D eigenvalue weighted by molar-refractivity contribution is -0.119. The summed E-state index contributed by atoms with van der Waals surface area (Å²) in [6.07, 6.45) is -0.958. The van der Waals surface area contributed by atoms with E-state index >= 15 is 0 Å². The summed E-state index contributed by atoms with van der Waals surface area (Å²) in [5.41, 5.74) is 1.03. The summed E-state index contributed by atoms with van der Waals surface area (Å²) in [6.45, 7) is 8.48. The van der Waals surface area contributed by atoms with E-state index in [1.807, 2.05) is 4.90 Å². The summed E-state index contributed by atoms with van der Waals surface area (Å²) in [6, 6.07) is 4.84. The number of piperazine rings is 1. The number of anilines is 2. The smallest absolute Gasteiger partial charge is 0.414 e. The number of nitrogens with one attached hydrogen (secondary N) is 1. The molecule has 2 heterocycles. The van der Waals surface area contributed by atoms with Gasteiger partial charge in [-0.3, -0.25) is 9.69 Å². The highest BCUT2D eigenvalue weighted by Crippen LogP contribution is 2.28. The van der Waals surface area contributed by atoms with Gasteiger partial charge >= 0.3 is 6.09 Å². The number of hydrogen-bond acceptors (Lipinski definition) is 5. The molecule has 0 spiro atoms. The fourth-order valence-electron chi connectivity index (χ4n) is 3.32. The van der Waals surface area contributed by atoms with Gasteiger partial charge in [0.2, 0.25) is 5.91 Å². The van der Waals surface area contributed by atoms with Crippen LogP contribution in [0.4, 0.5) is 20.6 Å². The summed E-state index contributed by atoms with van der Waals surface area (Å²) in [5.74, 6) is -0.524. The topological polar surface area (TPSA) is 65.1 Å². The molecule has 2 amide bonds. The molecule has 0 aliphatic carbocycles. The molecule has 7 nitrogen and oxygen atoms in total.